The Kier molecular flexibility index (Phi) is 7.38. The van der Waals surface area contributed by atoms with Crippen molar-refractivity contribution in [3.63, 3.8) is 0 Å². The predicted octanol–water partition coefficient (Wildman–Crippen LogP) is 3.52. The third-order valence-corrected chi connectivity index (χ3v) is 3.76. The highest BCUT2D eigenvalue weighted by Crippen LogP contribution is 2.16. The molecule has 1 nitrogen and oxygen atoms in total. The Balaban J connectivity index is 2.47. The van der Waals surface area contributed by atoms with Crippen LogP contribution >= 0.6 is 11.8 Å². The topological polar surface area (TPSA) is 12.0 Å². The van der Waals surface area contributed by atoms with Crippen LogP contribution in [0.15, 0.2) is 24.3 Å². The van der Waals surface area contributed by atoms with Gasteiger partial charge in [0.15, 0.2) is 0 Å². The second kappa shape index (κ2) is 8.60. The molecular formula is C15H25NS. The molecule has 1 rings (SSSR count). The molecule has 0 spiro atoms. The molecule has 0 aliphatic rings. The summed E-state index contributed by atoms with van der Waals surface area (Å²) in [6, 6.07) is 8.91. The van der Waals surface area contributed by atoms with Gasteiger partial charge in [-0.25, -0.2) is 0 Å². The molecular weight excluding hydrogens is 226 g/mol. The minimum absolute atomic E-state index is 0.772. The molecule has 1 unspecified atom stereocenters. The Bertz CT molecular complexity index is 312. The maximum absolute atomic E-state index is 3.32. The normalized spacial score (nSPS) is 12.6. The lowest BCUT2D eigenvalue weighted by Gasteiger charge is -2.16. The summed E-state index contributed by atoms with van der Waals surface area (Å²) in [5, 5.41) is 3.32. The molecule has 0 heterocycles. The Labute approximate surface area is 110 Å². The van der Waals surface area contributed by atoms with Crippen molar-refractivity contribution in [2.75, 3.05) is 25.6 Å². The third kappa shape index (κ3) is 6.13. The van der Waals surface area contributed by atoms with Crippen molar-refractivity contribution >= 4 is 11.8 Å². The number of rotatable bonds is 8. The van der Waals surface area contributed by atoms with E-state index in [0.29, 0.717) is 0 Å². The second-order valence-corrected chi connectivity index (χ2v) is 5.74. The average molecular weight is 251 g/mol. The van der Waals surface area contributed by atoms with E-state index in [4.69, 9.17) is 0 Å². The van der Waals surface area contributed by atoms with Crippen molar-refractivity contribution < 1.29 is 0 Å². The van der Waals surface area contributed by atoms with E-state index in [9.17, 15) is 0 Å². The molecule has 1 aromatic rings. The van der Waals surface area contributed by atoms with Gasteiger partial charge in [-0.3, -0.25) is 0 Å². The van der Waals surface area contributed by atoms with Gasteiger partial charge in [0.1, 0.15) is 0 Å². The number of aryl methyl sites for hydroxylation is 1. The van der Waals surface area contributed by atoms with E-state index in [-0.39, 0.29) is 0 Å². The molecule has 0 saturated heterocycles. The van der Waals surface area contributed by atoms with Gasteiger partial charge in [-0.05, 0) is 63.3 Å². The van der Waals surface area contributed by atoms with Gasteiger partial charge in [0.25, 0.3) is 0 Å². The maximum Gasteiger partial charge on any atom is -0.00203 e. The molecule has 0 amide bonds. The van der Waals surface area contributed by atoms with Gasteiger partial charge >= 0.3 is 0 Å². The average Bonchev–Trinajstić information content (AvgIpc) is 2.29. The van der Waals surface area contributed by atoms with Crippen LogP contribution in [0, 0.1) is 12.8 Å². The first kappa shape index (κ1) is 14.6. The Morgan fingerprint density at radius 1 is 1.35 bits per heavy atom. The summed E-state index contributed by atoms with van der Waals surface area (Å²) >= 11 is 1.95. The quantitative estimate of drug-likeness (QED) is 0.710. The largest absolute Gasteiger partial charge is 0.319 e. The molecule has 1 N–H and O–H groups in total. The van der Waals surface area contributed by atoms with Crippen molar-refractivity contribution in [2.45, 2.75) is 26.2 Å². The van der Waals surface area contributed by atoms with Gasteiger partial charge in [-0.1, -0.05) is 29.8 Å². The van der Waals surface area contributed by atoms with Gasteiger partial charge in [0.05, 0.1) is 0 Å². The molecule has 1 aromatic carbocycles. The zero-order chi connectivity index (χ0) is 12.5. The van der Waals surface area contributed by atoms with Crippen LogP contribution in [-0.2, 0) is 6.42 Å². The van der Waals surface area contributed by atoms with Crippen molar-refractivity contribution in [1.29, 1.82) is 0 Å². The smallest absolute Gasteiger partial charge is 0.00203 e. The third-order valence-electron chi connectivity index (χ3n) is 3.06. The van der Waals surface area contributed by atoms with Crippen LogP contribution in [0.4, 0.5) is 0 Å². The van der Waals surface area contributed by atoms with E-state index < -0.39 is 0 Å². The molecule has 1 atom stereocenters. The molecule has 0 aromatic heterocycles. The summed E-state index contributed by atoms with van der Waals surface area (Å²) in [5.41, 5.74) is 2.85. The number of thioether (sulfide) groups is 1. The van der Waals surface area contributed by atoms with Crippen LogP contribution in [0.5, 0.6) is 0 Å². The van der Waals surface area contributed by atoms with E-state index in [2.05, 4.69) is 49.8 Å². The molecule has 0 fully saturated rings. The highest BCUT2D eigenvalue weighted by atomic mass is 32.2. The van der Waals surface area contributed by atoms with Crippen LogP contribution in [-0.4, -0.2) is 25.6 Å². The van der Waals surface area contributed by atoms with Gasteiger partial charge < -0.3 is 5.32 Å². The standard InChI is InChI=1S/C15H25NS/c1-13-6-4-7-14(10-13)11-15(12-16-2)8-5-9-17-3/h4,6-7,10,15-16H,5,8-9,11-12H2,1-3H3. The second-order valence-electron chi connectivity index (χ2n) is 4.75. The molecule has 0 saturated carbocycles. The Hall–Kier alpha value is -0.470. The molecule has 96 valence electrons. The lowest BCUT2D eigenvalue weighted by atomic mass is 9.94. The lowest BCUT2D eigenvalue weighted by molar-refractivity contribution is 0.457. The molecule has 0 aliphatic carbocycles. The van der Waals surface area contributed by atoms with Crippen LogP contribution in [0.3, 0.4) is 0 Å². The first-order valence-corrected chi connectivity index (χ1v) is 7.84. The Morgan fingerprint density at radius 3 is 2.82 bits per heavy atom. The minimum Gasteiger partial charge on any atom is -0.319 e. The monoisotopic (exact) mass is 251 g/mol. The highest BCUT2D eigenvalue weighted by Gasteiger charge is 2.08. The van der Waals surface area contributed by atoms with Crippen LogP contribution < -0.4 is 5.32 Å². The first-order valence-electron chi connectivity index (χ1n) is 6.45. The van der Waals surface area contributed by atoms with Crippen molar-refractivity contribution in [1.82, 2.24) is 5.32 Å². The minimum atomic E-state index is 0.772. The van der Waals surface area contributed by atoms with Gasteiger partial charge in [0, 0.05) is 0 Å². The molecule has 17 heavy (non-hydrogen) atoms. The van der Waals surface area contributed by atoms with Crippen molar-refractivity contribution in [3.05, 3.63) is 35.4 Å². The van der Waals surface area contributed by atoms with Gasteiger partial charge in [0.2, 0.25) is 0 Å². The zero-order valence-corrected chi connectivity index (χ0v) is 12.1. The first-order chi connectivity index (χ1) is 8.26. The van der Waals surface area contributed by atoms with Crippen LogP contribution in [0.25, 0.3) is 0 Å². The van der Waals surface area contributed by atoms with Crippen LogP contribution in [0.2, 0.25) is 0 Å². The molecule has 0 aliphatic heterocycles. The fourth-order valence-electron chi connectivity index (χ4n) is 2.25. The highest BCUT2D eigenvalue weighted by molar-refractivity contribution is 7.98. The number of hydrogen-bond acceptors (Lipinski definition) is 2. The van der Waals surface area contributed by atoms with E-state index >= 15 is 0 Å². The van der Waals surface area contributed by atoms with Gasteiger partial charge in [-0.15, -0.1) is 0 Å². The fraction of sp³-hybridized carbons (Fsp3) is 0.600. The summed E-state index contributed by atoms with van der Waals surface area (Å²) in [6.07, 6.45) is 6.06. The summed E-state index contributed by atoms with van der Waals surface area (Å²) in [7, 11) is 2.05. The Morgan fingerprint density at radius 2 is 2.18 bits per heavy atom. The summed E-state index contributed by atoms with van der Waals surface area (Å²) in [4.78, 5) is 0. The van der Waals surface area contributed by atoms with Crippen molar-refractivity contribution in [2.24, 2.45) is 5.92 Å². The summed E-state index contributed by atoms with van der Waals surface area (Å²) in [6.45, 7) is 3.30. The number of hydrogen-bond donors (Lipinski definition) is 1. The van der Waals surface area contributed by atoms with E-state index in [1.54, 1.807) is 0 Å². The molecule has 0 bridgehead atoms. The number of nitrogens with one attached hydrogen (secondary N) is 1. The zero-order valence-electron chi connectivity index (χ0n) is 11.3. The van der Waals surface area contributed by atoms with Crippen LogP contribution in [0.1, 0.15) is 24.0 Å². The maximum atomic E-state index is 3.32. The van der Waals surface area contributed by atoms with E-state index in [0.717, 1.165) is 12.5 Å². The predicted molar refractivity (Wildman–Crippen MR) is 79.9 cm³/mol. The summed E-state index contributed by atoms with van der Waals surface area (Å²) in [5.74, 6) is 2.06. The lowest BCUT2D eigenvalue weighted by Crippen LogP contribution is -2.21. The molecule has 0 radical (unpaired) electrons. The van der Waals surface area contributed by atoms with Gasteiger partial charge in [-0.2, -0.15) is 11.8 Å². The van der Waals surface area contributed by atoms with E-state index in [1.165, 1.54) is 36.1 Å². The van der Waals surface area contributed by atoms with Crippen molar-refractivity contribution in [3.8, 4) is 0 Å². The molecule has 2 heteroatoms. The van der Waals surface area contributed by atoms with E-state index in [1.807, 2.05) is 11.8 Å². The summed E-state index contributed by atoms with van der Waals surface area (Å²) < 4.78 is 0. The SMILES string of the molecule is CNCC(CCCSC)Cc1cccc(C)c1. The fourth-order valence-corrected chi connectivity index (χ4v) is 2.71. The number of benzene rings is 1.